The summed E-state index contributed by atoms with van der Waals surface area (Å²) in [4.78, 5) is 14.6. The number of H-pyrrole nitrogens is 1. The van der Waals surface area contributed by atoms with Crippen molar-refractivity contribution in [2.24, 2.45) is 0 Å². The fourth-order valence-corrected chi connectivity index (χ4v) is 4.10. The Bertz CT molecular complexity index is 1410. The molecule has 0 bridgehead atoms. The average Bonchev–Trinajstić information content (AvgIpc) is 3.45. The minimum absolute atomic E-state index is 0.00195. The largest absolute Gasteiger partial charge is 0.493 e. The zero-order valence-corrected chi connectivity index (χ0v) is 22.9. The molecule has 1 amide bonds. The number of aromatic nitrogens is 4. The molecule has 204 valence electrons. The van der Waals surface area contributed by atoms with E-state index in [0.717, 1.165) is 0 Å². The molecule has 11 nitrogen and oxygen atoms in total. The molecule has 13 heteroatoms. The van der Waals surface area contributed by atoms with Gasteiger partial charge >= 0.3 is 0 Å². The Morgan fingerprint density at radius 1 is 0.974 bits per heavy atom. The van der Waals surface area contributed by atoms with E-state index in [9.17, 15) is 4.79 Å². The van der Waals surface area contributed by atoms with Crippen LogP contribution in [0.4, 0.5) is 5.69 Å². The molecule has 1 heterocycles. The zero-order valence-electron chi connectivity index (χ0n) is 21.4. The van der Waals surface area contributed by atoms with Crippen LogP contribution < -0.4 is 24.3 Å². The normalized spacial score (nSPS) is 11.6. The van der Waals surface area contributed by atoms with Crippen molar-refractivity contribution in [3.05, 3.63) is 76.5 Å². The number of hydrogen-bond acceptors (Lipinski definition) is 9. The number of halogens is 2. The van der Waals surface area contributed by atoms with Crippen LogP contribution in [0.3, 0.4) is 0 Å². The number of aromatic amines is 1. The van der Waals surface area contributed by atoms with E-state index in [0.29, 0.717) is 50.3 Å². The Kier molecular flexibility index (Phi) is 9.42. The van der Waals surface area contributed by atoms with Gasteiger partial charge in [0.15, 0.2) is 17.3 Å². The monoisotopic (exact) mass is 572 g/mol. The summed E-state index contributed by atoms with van der Waals surface area (Å²) in [5.74, 6) is 2.37. The summed E-state index contributed by atoms with van der Waals surface area (Å²) in [7, 11) is 4.82. The molecule has 0 fully saturated rings. The van der Waals surface area contributed by atoms with Crippen LogP contribution >= 0.6 is 23.2 Å². The fraction of sp³-hybridized carbons (Fsp3) is 0.231. The van der Waals surface area contributed by atoms with Gasteiger partial charge in [0.05, 0.1) is 30.8 Å². The molecular formula is C26H26Cl2N6O5. The number of carbonyl (C=O) groups is 1. The quantitative estimate of drug-likeness (QED) is 0.241. The number of para-hydroxylation sites is 2. The molecule has 3 aromatic carbocycles. The number of anilines is 1. The first-order chi connectivity index (χ1) is 18.9. The van der Waals surface area contributed by atoms with E-state index in [4.69, 9.17) is 42.1 Å². The molecule has 0 radical (unpaired) electrons. The number of likely N-dealkylation sites (N-methyl/N-ethyl adjacent to an activating group) is 1. The standard InChI is InChI=1S/C26H26Cl2N6O5/c1-34(19(26-30-32-33-31-26)15-38-20-8-5-4-7-17(20)27)14-24(35)29-16-11-12-21(18(28)13-16)39-23-10-6-9-22(36-2)25(23)37-3/h4-13,19H,14-15H2,1-3H3,(H,29,35)(H,30,31,32,33). The van der Waals surface area contributed by atoms with E-state index in [2.05, 4.69) is 25.9 Å². The van der Waals surface area contributed by atoms with Gasteiger partial charge in [0.1, 0.15) is 24.1 Å². The van der Waals surface area contributed by atoms with Gasteiger partial charge in [-0.15, -0.1) is 10.2 Å². The van der Waals surface area contributed by atoms with Gasteiger partial charge in [-0.25, -0.2) is 0 Å². The number of nitrogens with zero attached hydrogens (tertiary/aromatic N) is 4. The van der Waals surface area contributed by atoms with Crippen LogP contribution in [-0.4, -0.2) is 65.9 Å². The van der Waals surface area contributed by atoms with E-state index in [-0.39, 0.29) is 19.1 Å². The third kappa shape index (κ3) is 7.08. The van der Waals surface area contributed by atoms with Gasteiger partial charge in [-0.1, -0.05) is 46.6 Å². The Morgan fingerprint density at radius 3 is 2.44 bits per heavy atom. The molecule has 4 aromatic rings. The van der Waals surface area contributed by atoms with Crippen LogP contribution in [0.25, 0.3) is 0 Å². The summed E-state index contributed by atoms with van der Waals surface area (Å²) in [5.41, 5.74) is 0.492. The second-order valence-electron chi connectivity index (χ2n) is 8.23. The van der Waals surface area contributed by atoms with Gasteiger partial charge in [0.2, 0.25) is 11.7 Å². The molecule has 0 aliphatic carbocycles. The van der Waals surface area contributed by atoms with E-state index in [1.165, 1.54) is 7.11 Å². The number of tetrazole rings is 1. The van der Waals surface area contributed by atoms with E-state index < -0.39 is 6.04 Å². The minimum atomic E-state index is -0.483. The highest BCUT2D eigenvalue weighted by molar-refractivity contribution is 6.32. The maximum Gasteiger partial charge on any atom is 0.238 e. The SMILES string of the molecule is COc1cccc(Oc2ccc(NC(=O)CN(C)C(COc3ccccc3Cl)c3nn[nH]n3)cc2Cl)c1OC. The van der Waals surface area contributed by atoms with E-state index >= 15 is 0 Å². The number of rotatable bonds is 12. The van der Waals surface area contributed by atoms with Crippen LogP contribution in [0.5, 0.6) is 28.7 Å². The molecule has 1 unspecified atom stereocenters. The molecule has 1 atom stereocenters. The molecule has 0 aliphatic rings. The topological polar surface area (TPSA) is 124 Å². The minimum Gasteiger partial charge on any atom is -0.493 e. The first kappa shape index (κ1) is 28.0. The number of benzene rings is 3. The Hall–Kier alpha value is -4.06. The van der Waals surface area contributed by atoms with Gasteiger partial charge in [-0.05, 0) is 49.5 Å². The predicted molar refractivity (Wildman–Crippen MR) is 146 cm³/mol. The van der Waals surface area contributed by atoms with Crippen molar-refractivity contribution in [1.82, 2.24) is 25.5 Å². The van der Waals surface area contributed by atoms with Crippen molar-refractivity contribution in [2.45, 2.75) is 6.04 Å². The fourth-order valence-electron chi connectivity index (χ4n) is 3.70. The third-order valence-corrected chi connectivity index (χ3v) is 6.23. The number of methoxy groups -OCH3 is 2. The molecule has 4 rings (SSSR count). The van der Waals surface area contributed by atoms with Crippen LogP contribution in [0.1, 0.15) is 11.9 Å². The molecule has 0 saturated carbocycles. The summed E-state index contributed by atoms with van der Waals surface area (Å²) in [6.45, 7) is 0.139. The molecule has 1 aromatic heterocycles. The Labute approximate surface area is 234 Å². The smallest absolute Gasteiger partial charge is 0.238 e. The van der Waals surface area contributed by atoms with Crippen molar-refractivity contribution in [3.63, 3.8) is 0 Å². The van der Waals surface area contributed by atoms with Crippen LogP contribution in [0.15, 0.2) is 60.7 Å². The van der Waals surface area contributed by atoms with Crippen LogP contribution in [0, 0.1) is 0 Å². The van der Waals surface area contributed by atoms with E-state index in [1.807, 2.05) is 12.1 Å². The highest BCUT2D eigenvalue weighted by Gasteiger charge is 2.25. The van der Waals surface area contributed by atoms with Gasteiger partial charge in [-0.3, -0.25) is 9.69 Å². The first-order valence-corrected chi connectivity index (χ1v) is 12.4. The van der Waals surface area contributed by atoms with Crippen LogP contribution in [0.2, 0.25) is 10.0 Å². The maximum atomic E-state index is 12.9. The molecule has 2 N–H and O–H groups in total. The second-order valence-corrected chi connectivity index (χ2v) is 9.04. The molecular weight excluding hydrogens is 547 g/mol. The molecule has 0 saturated heterocycles. The second kappa shape index (κ2) is 13.1. The van der Waals surface area contributed by atoms with Crippen molar-refractivity contribution < 1.29 is 23.7 Å². The summed E-state index contributed by atoms with van der Waals surface area (Å²) < 4.78 is 22.5. The lowest BCUT2D eigenvalue weighted by atomic mass is 10.2. The van der Waals surface area contributed by atoms with E-state index in [1.54, 1.807) is 67.6 Å². The summed E-state index contributed by atoms with van der Waals surface area (Å²) >= 11 is 12.7. The van der Waals surface area contributed by atoms with Crippen molar-refractivity contribution >= 4 is 34.8 Å². The van der Waals surface area contributed by atoms with Gasteiger partial charge in [0, 0.05) is 5.69 Å². The highest BCUT2D eigenvalue weighted by atomic mass is 35.5. The lowest BCUT2D eigenvalue weighted by Gasteiger charge is -2.25. The van der Waals surface area contributed by atoms with Crippen molar-refractivity contribution in [1.29, 1.82) is 0 Å². The Morgan fingerprint density at radius 2 is 1.74 bits per heavy atom. The molecule has 0 aliphatic heterocycles. The van der Waals surface area contributed by atoms with Crippen molar-refractivity contribution in [3.8, 4) is 28.7 Å². The van der Waals surface area contributed by atoms with Gasteiger partial charge in [0.25, 0.3) is 0 Å². The predicted octanol–water partition coefficient (Wildman–Crippen LogP) is 5.01. The average molecular weight is 573 g/mol. The van der Waals surface area contributed by atoms with Gasteiger partial charge < -0.3 is 24.3 Å². The number of amides is 1. The van der Waals surface area contributed by atoms with Crippen molar-refractivity contribution in [2.75, 3.05) is 39.7 Å². The summed E-state index contributed by atoms with van der Waals surface area (Å²) in [6.07, 6.45) is 0. The molecule has 39 heavy (non-hydrogen) atoms. The maximum absolute atomic E-state index is 12.9. The summed E-state index contributed by atoms with van der Waals surface area (Å²) in [6, 6.07) is 16.8. The number of carbonyl (C=O) groups excluding carboxylic acids is 1. The molecule has 0 spiro atoms. The number of hydrogen-bond donors (Lipinski definition) is 2. The number of ether oxygens (including phenoxy) is 4. The third-order valence-electron chi connectivity index (χ3n) is 5.62. The van der Waals surface area contributed by atoms with Crippen LogP contribution in [-0.2, 0) is 4.79 Å². The Balaban J connectivity index is 1.40. The lowest BCUT2D eigenvalue weighted by Crippen LogP contribution is -2.36. The van der Waals surface area contributed by atoms with Gasteiger partial charge in [-0.2, -0.15) is 5.21 Å². The number of nitrogens with one attached hydrogen (secondary N) is 2. The zero-order chi connectivity index (χ0) is 27.8. The summed E-state index contributed by atoms with van der Waals surface area (Å²) in [5, 5.41) is 17.8. The highest BCUT2D eigenvalue weighted by Crippen LogP contribution is 2.41. The lowest BCUT2D eigenvalue weighted by molar-refractivity contribution is -0.117. The first-order valence-electron chi connectivity index (χ1n) is 11.7.